The van der Waals surface area contributed by atoms with E-state index in [4.69, 9.17) is 0 Å². The number of pyridine rings is 1. The maximum atomic E-state index is 12.3. The van der Waals surface area contributed by atoms with Gasteiger partial charge in [0.25, 0.3) is 0 Å². The molecule has 0 spiro atoms. The van der Waals surface area contributed by atoms with Crippen LogP contribution in [0.4, 0.5) is 5.13 Å². The highest BCUT2D eigenvalue weighted by Crippen LogP contribution is 2.26. The van der Waals surface area contributed by atoms with E-state index in [1.165, 1.54) is 11.8 Å². The van der Waals surface area contributed by atoms with Crippen LogP contribution in [-0.2, 0) is 4.79 Å². The number of hydrogen-bond donors (Lipinski definition) is 1. The van der Waals surface area contributed by atoms with Crippen molar-refractivity contribution >= 4 is 39.9 Å². The molecule has 138 valence electrons. The van der Waals surface area contributed by atoms with Crippen molar-refractivity contribution in [1.82, 2.24) is 14.3 Å². The Hall–Kier alpha value is -2.50. The molecule has 1 aliphatic rings. The minimum Gasteiger partial charge on any atom is -0.300 e. The Labute approximate surface area is 166 Å². The van der Waals surface area contributed by atoms with E-state index in [1.54, 1.807) is 0 Å². The van der Waals surface area contributed by atoms with Gasteiger partial charge in [0.15, 0.2) is 5.82 Å². The molecule has 6 nitrogen and oxygen atoms in total. The van der Waals surface area contributed by atoms with Gasteiger partial charge in [-0.05, 0) is 37.8 Å². The number of nitrogens with one attached hydrogen (secondary N) is 1. The number of aryl methyl sites for hydroxylation is 2. The zero-order chi connectivity index (χ0) is 19.4. The van der Waals surface area contributed by atoms with E-state index in [9.17, 15) is 10.1 Å². The quantitative estimate of drug-likeness (QED) is 0.763. The van der Waals surface area contributed by atoms with Crippen LogP contribution in [0.25, 0.3) is 5.57 Å². The van der Waals surface area contributed by atoms with Crippen LogP contribution < -0.4 is 5.32 Å². The van der Waals surface area contributed by atoms with E-state index >= 15 is 0 Å². The maximum Gasteiger partial charge on any atom is 0.236 e. The zero-order valence-electron chi connectivity index (χ0n) is 15.3. The number of rotatable bonds is 5. The van der Waals surface area contributed by atoms with Gasteiger partial charge in [-0.1, -0.05) is 36.9 Å². The van der Waals surface area contributed by atoms with E-state index in [2.05, 4.69) is 44.8 Å². The molecule has 1 aliphatic carbocycles. The number of aromatic nitrogens is 3. The van der Waals surface area contributed by atoms with E-state index in [1.807, 2.05) is 26.0 Å². The Morgan fingerprint density at radius 1 is 1.44 bits per heavy atom. The molecule has 1 N–H and O–H groups in total. The maximum absolute atomic E-state index is 12.3. The fraction of sp³-hybridized carbons (Fsp3) is 0.316. The molecule has 3 rings (SSSR count). The van der Waals surface area contributed by atoms with Crippen LogP contribution >= 0.6 is 23.3 Å². The van der Waals surface area contributed by atoms with Crippen LogP contribution in [-0.4, -0.2) is 26.0 Å². The average molecular weight is 398 g/mol. The standard InChI is InChI=1S/C19H19N5OS2/c1-11-4-6-14(7-5-11)17-23-19(27-24-17)22-16(25)10-26-18-15(9-20)12(2)8-13(3)21-18/h4,6-8,11H,5,10H2,1-3H3,(H,22,23,24,25). The van der Waals surface area contributed by atoms with Gasteiger partial charge in [-0.3, -0.25) is 10.1 Å². The Balaban J connectivity index is 1.61. The van der Waals surface area contributed by atoms with Crippen molar-refractivity contribution in [2.24, 2.45) is 5.92 Å². The molecule has 0 bridgehead atoms. The third kappa shape index (κ3) is 4.81. The third-order valence-electron chi connectivity index (χ3n) is 4.01. The first-order valence-corrected chi connectivity index (χ1v) is 10.3. The van der Waals surface area contributed by atoms with Gasteiger partial charge in [-0.2, -0.15) is 14.6 Å². The number of anilines is 1. The summed E-state index contributed by atoms with van der Waals surface area (Å²) in [5, 5.41) is 13.1. The summed E-state index contributed by atoms with van der Waals surface area (Å²) in [6.07, 6.45) is 7.23. The number of carbonyl (C=O) groups excluding carboxylic acids is 1. The molecule has 0 aromatic carbocycles. The molecule has 2 heterocycles. The highest BCUT2D eigenvalue weighted by molar-refractivity contribution is 8.00. The van der Waals surface area contributed by atoms with Crippen LogP contribution in [0.2, 0.25) is 0 Å². The van der Waals surface area contributed by atoms with Crippen LogP contribution in [0.1, 0.15) is 36.0 Å². The highest BCUT2D eigenvalue weighted by Gasteiger charge is 2.15. The van der Waals surface area contributed by atoms with Crippen LogP contribution in [0, 0.1) is 31.1 Å². The molecular formula is C19H19N5OS2. The molecule has 1 amide bonds. The van der Waals surface area contributed by atoms with E-state index in [-0.39, 0.29) is 11.7 Å². The fourth-order valence-corrected chi connectivity index (χ4v) is 4.12. The van der Waals surface area contributed by atoms with Crippen LogP contribution in [0.15, 0.2) is 29.3 Å². The molecule has 2 aromatic rings. The largest absolute Gasteiger partial charge is 0.300 e. The van der Waals surface area contributed by atoms with Gasteiger partial charge in [0.05, 0.1) is 11.3 Å². The zero-order valence-corrected chi connectivity index (χ0v) is 16.9. The summed E-state index contributed by atoms with van der Waals surface area (Å²) in [6, 6.07) is 4.02. The van der Waals surface area contributed by atoms with Crippen molar-refractivity contribution < 1.29 is 4.79 Å². The van der Waals surface area contributed by atoms with Gasteiger partial charge >= 0.3 is 0 Å². The van der Waals surface area contributed by atoms with Gasteiger partial charge in [-0.15, -0.1) is 0 Å². The lowest BCUT2D eigenvalue weighted by molar-refractivity contribution is -0.113. The predicted octanol–water partition coefficient (Wildman–Crippen LogP) is 4.13. The van der Waals surface area contributed by atoms with Gasteiger partial charge in [-0.25, -0.2) is 4.98 Å². The Morgan fingerprint density at radius 3 is 2.96 bits per heavy atom. The smallest absolute Gasteiger partial charge is 0.236 e. The summed E-state index contributed by atoms with van der Waals surface area (Å²) in [7, 11) is 0. The number of thioether (sulfide) groups is 1. The topological polar surface area (TPSA) is 91.6 Å². The monoisotopic (exact) mass is 397 g/mol. The summed E-state index contributed by atoms with van der Waals surface area (Å²) in [5.41, 5.74) is 3.19. The number of hydrogen-bond acceptors (Lipinski definition) is 7. The van der Waals surface area contributed by atoms with E-state index in [0.717, 1.165) is 34.8 Å². The van der Waals surface area contributed by atoms with Crippen molar-refractivity contribution in [2.75, 3.05) is 11.1 Å². The van der Waals surface area contributed by atoms with E-state index < -0.39 is 0 Å². The van der Waals surface area contributed by atoms with Crippen molar-refractivity contribution in [3.05, 3.63) is 46.9 Å². The average Bonchev–Trinajstić information content (AvgIpc) is 3.08. The first-order valence-electron chi connectivity index (χ1n) is 8.49. The van der Waals surface area contributed by atoms with Crippen molar-refractivity contribution in [3.8, 4) is 6.07 Å². The molecule has 8 heteroatoms. The third-order valence-corrected chi connectivity index (χ3v) is 5.61. The Bertz CT molecular complexity index is 971. The van der Waals surface area contributed by atoms with Crippen molar-refractivity contribution in [2.45, 2.75) is 32.2 Å². The lowest BCUT2D eigenvalue weighted by Crippen LogP contribution is -2.14. The summed E-state index contributed by atoms with van der Waals surface area (Å²) < 4.78 is 4.32. The number of nitrogens with zero attached hydrogens (tertiary/aromatic N) is 4. The van der Waals surface area contributed by atoms with E-state index in [0.29, 0.717) is 27.5 Å². The second kappa shape index (κ2) is 8.46. The molecule has 27 heavy (non-hydrogen) atoms. The molecule has 0 saturated carbocycles. The van der Waals surface area contributed by atoms with Gasteiger partial charge in [0, 0.05) is 22.8 Å². The van der Waals surface area contributed by atoms with Gasteiger partial charge in [0.1, 0.15) is 11.1 Å². The van der Waals surface area contributed by atoms with Crippen molar-refractivity contribution in [1.29, 1.82) is 5.26 Å². The molecule has 0 fully saturated rings. The number of nitriles is 1. The molecule has 2 aromatic heterocycles. The lowest BCUT2D eigenvalue weighted by Gasteiger charge is -2.08. The lowest BCUT2D eigenvalue weighted by atomic mass is 9.98. The predicted molar refractivity (Wildman–Crippen MR) is 109 cm³/mol. The molecular weight excluding hydrogens is 378 g/mol. The second-order valence-corrected chi connectivity index (χ2v) is 8.08. The minimum atomic E-state index is -0.200. The summed E-state index contributed by atoms with van der Waals surface area (Å²) in [4.78, 5) is 21.0. The Kier molecular flexibility index (Phi) is 6.04. The van der Waals surface area contributed by atoms with Gasteiger partial charge in [0.2, 0.25) is 11.0 Å². The first-order chi connectivity index (χ1) is 13.0. The van der Waals surface area contributed by atoms with Crippen molar-refractivity contribution in [3.63, 3.8) is 0 Å². The molecule has 0 aliphatic heterocycles. The SMILES string of the molecule is Cc1cc(C)c(C#N)c(SCC(=O)Nc2nc(C3=CCC(C)C=C3)ns2)n1. The number of carbonyl (C=O) groups is 1. The number of allylic oxidation sites excluding steroid dienone is 4. The number of amides is 1. The molecule has 1 atom stereocenters. The molecule has 1 unspecified atom stereocenters. The second-order valence-electron chi connectivity index (χ2n) is 6.36. The summed E-state index contributed by atoms with van der Waals surface area (Å²) >= 11 is 2.41. The van der Waals surface area contributed by atoms with Crippen LogP contribution in [0.3, 0.4) is 0 Å². The summed E-state index contributed by atoms with van der Waals surface area (Å²) in [5.74, 6) is 1.11. The first kappa shape index (κ1) is 19.3. The summed E-state index contributed by atoms with van der Waals surface area (Å²) in [6.45, 7) is 5.90. The fourth-order valence-electron chi connectivity index (χ4n) is 2.62. The van der Waals surface area contributed by atoms with Gasteiger partial charge < -0.3 is 0 Å². The minimum absolute atomic E-state index is 0.152. The molecule has 0 saturated heterocycles. The normalized spacial score (nSPS) is 15.9. The van der Waals surface area contributed by atoms with Crippen LogP contribution in [0.5, 0.6) is 0 Å². The Morgan fingerprint density at radius 2 is 2.26 bits per heavy atom. The highest BCUT2D eigenvalue weighted by atomic mass is 32.2. The molecule has 0 radical (unpaired) electrons.